The molecule has 1 unspecified atom stereocenters. The fourth-order valence-corrected chi connectivity index (χ4v) is 2.22. The summed E-state index contributed by atoms with van der Waals surface area (Å²) in [7, 11) is 0. The van der Waals surface area contributed by atoms with E-state index in [0.29, 0.717) is 30.0 Å². The molecule has 0 saturated carbocycles. The molecular formula is C11H15BrN2O3. The number of rotatable bonds is 3. The van der Waals surface area contributed by atoms with Crippen molar-refractivity contribution in [2.45, 2.75) is 26.0 Å². The third-order valence-electron chi connectivity index (χ3n) is 2.58. The standard InChI is InChI=1S/C11H15BrN2O3/c1-7(2)14-10(8(12)5-13-14)11(15)9-6-16-3-4-17-9/h5,7,9H,3-4,6H2,1-2H3. The largest absolute Gasteiger partial charge is 0.376 e. The number of ether oxygens (including phenoxy) is 2. The van der Waals surface area contributed by atoms with Gasteiger partial charge in [-0.1, -0.05) is 0 Å². The van der Waals surface area contributed by atoms with E-state index >= 15 is 0 Å². The van der Waals surface area contributed by atoms with Gasteiger partial charge in [0.05, 0.1) is 30.5 Å². The van der Waals surface area contributed by atoms with Crippen LogP contribution in [-0.4, -0.2) is 41.5 Å². The normalized spacial score (nSPS) is 20.8. The van der Waals surface area contributed by atoms with Gasteiger partial charge in [-0.2, -0.15) is 5.10 Å². The van der Waals surface area contributed by atoms with E-state index in [-0.39, 0.29) is 11.8 Å². The molecule has 1 atom stereocenters. The molecule has 0 bridgehead atoms. The van der Waals surface area contributed by atoms with Gasteiger partial charge in [0, 0.05) is 6.04 Å². The van der Waals surface area contributed by atoms with Crippen LogP contribution in [-0.2, 0) is 9.47 Å². The quantitative estimate of drug-likeness (QED) is 0.799. The summed E-state index contributed by atoms with van der Waals surface area (Å²) in [6, 6.07) is 0.129. The lowest BCUT2D eigenvalue weighted by Gasteiger charge is -2.22. The highest BCUT2D eigenvalue weighted by Gasteiger charge is 2.29. The minimum Gasteiger partial charge on any atom is -0.376 e. The Labute approximate surface area is 108 Å². The van der Waals surface area contributed by atoms with E-state index in [1.807, 2.05) is 13.8 Å². The van der Waals surface area contributed by atoms with Crippen molar-refractivity contribution >= 4 is 21.7 Å². The van der Waals surface area contributed by atoms with Crippen LogP contribution in [0.15, 0.2) is 10.7 Å². The third kappa shape index (κ3) is 2.59. The number of halogens is 1. The van der Waals surface area contributed by atoms with Crippen LogP contribution in [0.2, 0.25) is 0 Å². The fraction of sp³-hybridized carbons (Fsp3) is 0.636. The Hall–Kier alpha value is -0.720. The average Bonchev–Trinajstić information content (AvgIpc) is 2.71. The van der Waals surface area contributed by atoms with Crippen LogP contribution in [0.1, 0.15) is 30.4 Å². The molecule has 94 valence electrons. The Kier molecular flexibility index (Phi) is 3.96. The smallest absolute Gasteiger partial charge is 0.213 e. The number of aromatic nitrogens is 2. The fourth-order valence-electron chi connectivity index (χ4n) is 1.75. The van der Waals surface area contributed by atoms with Crippen LogP contribution in [0.25, 0.3) is 0 Å². The van der Waals surface area contributed by atoms with Crippen LogP contribution in [0, 0.1) is 0 Å². The number of Topliss-reactive ketones (excluding diaryl/α,β-unsaturated/α-hetero) is 1. The predicted molar refractivity (Wildman–Crippen MR) is 65.2 cm³/mol. The molecule has 17 heavy (non-hydrogen) atoms. The summed E-state index contributed by atoms with van der Waals surface area (Å²) in [5.74, 6) is -0.0808. The van der Waals surface area contributed by atoms with Crippen molar-refractivity contribution in [3.63, 3.8) is 0 Å². The number of carbonyl (C=O) groups excluding carboxylic acids is 1. The summed E-state index contributed by atoms with van der Waals surface area (Å²) in [5, 5.41) is 4.18. The van der Waals surface area contributed by atoms with Gasteiger partial charge in [-0.05, 0) is 29.8 Å². The first kappa shape index (κ1) is 12.7. The summed E-state index contributed by atoms with van der Waals surface area (Å²) >= 11 is 3.35. The molecule has 1 aromatic heterocycles. The Bertz CT molecular complexity index is 411. The minimum absolute atomic E-state index is 0.0808. The lowest BCUT2D eigenvalue weighted by Crippen LogP contribution is -2.36. The minimum atomic E-state index is -0.519. The van der Waals surface area contributed by atoms with Crippen LogP contribution < -0.4 is 0 Å². The van der Waals surface area contributed by atoms with Crippen molar-refractivity contribution in [2.75, 3.05) is 19.8 Å². The number of nitrogens with zero attached hydrogens (tertiary/aromatic N) is 2. The maximum Gasteiger partial charge on any atom is 0.213 e. The van der Waals surface area contributed by atoms with E-state index in [1.54, 1.807) is 10.9 Å². The first-order valence-electron chi connectivity index (χ1n) is 5.58. The summed E-state index contributed by atoms with van der Waals surface area (Å²) in [6.45, 7) is 5.29. The Morgan fingerprint density at radius 3 is 2.94 bits per heavy atom. The van der Waals surface area contributed by atoms with E-state index in [0.717, 1.165) is 0 Å². The average molecular weight is 303 g/mol. The van der Waals surface area contributed by atoms with Crippen LogP contribution in [0.5, 0.6) is 0 Å². The summed E-state index contributed by atoms with van der Waals surface area (Å²) in [5.41, 5.74) is 0.551. The second-order valence-electron chi connectivity index (χ2n) is 4.18. The molecule has 2 heterocycles. The SMILES string of the molecule is CC(C)n1ncc(Br)c1C(=O)C1COCCO1. The molecule has 6 heteroatoms. The Morgan fingerprint density at radius 1 is 1.59 bits per heavy atom. The number of hydrogen-bond acceptors (Lipinski definition) is 4. The lowest BCUT2D eigenvalue weighted by atomic mass is 10.1. The molecule has 0 aromatic carbocycles. The third-order valence-corrected chi connectivity index (χ3v) is 3.16. The van der Waals surface area contributed by atoms with Crippen molar-refractivity contribution < 1.29 is 14.3 Å². The van der Waals surface area contributed by atoms with Gasteiger partial charge in [0.15, 0.2) is 0 Å². The molecule has 1 aliphatic heterocycles. The van der Waals surface area contributed by atoms with Gasteiger partial charge in [-0.3, -0.25) is 9.48 Å². The van der Waals surface area contributed by atoms with Crippen molar-refractivity contribution in [3.05, 3.63) is 16.4 Å². The first-order chi connectivity index (χ1) is 8.11. The Morgan fingerprint density at radius 2 is 2.35 bits per heavy atom. The maximum atomic E-state index is 12.3. The molecule has 1 aromatic rings. The van der Waals surface area contributed by atoms with Gasteiger partial charge in [0.2, 0.25) is 5.78 Å². The predicted octanol–water partition coefficient (Wildman–Crippen LogP) is 1.82. The van der Waals surface area contributed by atoms with Gasteiger partial charge >= 0.3 is 0 Å². The van der Waals surface area contributed by atoms with Crippen molar-refractivity contribution in [1.82, 2.24) is 9.78 Å². The molecule has 0 spiro atoms. The van der Waals surface area contributed by atoms with Gasteiger partial charge < -0.3 is 9.47 Å². The number of hydrogen-bond donors (Lipinski definition) is 0. The molecule has 2 rings (SSSR count). The van der Waals surface area contributed by atoms with E-state index in [2.05, 4.69) is 21.0 Å². The summed E-state index contributed by atoms with van der Waals surface area (Å²) in [6.07, 6.45) is 1.12. The van der Waals surface area contributed by atoms with Crippen molar-refractivity contribution in [1.29, 1.82) is 0 Å². The van der Waals surface area contributed by atoms with E-state index in [9.17, 15) is 4.79 Å². The first-order valence-corrected chi connectivity index (χ1v) is 6.37. The van der Waals surface area contributed by atoms with Gasteiger partial charge in [0.1, 0.15) is 11.8 Å². The molecule has 0 N–H and O–H groups in total. The van der Waals surface area contributed by atoms with Crippen molar-refractivity contribution in [3.8, 4) is 0 Å². The highest BCUT2D eigenvalue weighted by Crippen LogP contribution is 2.22. The molecule has 5 nitrogen and oxygen atoms in total. The maximum absolute atomic E-state index is 12.3. The monoisotopic (exact) mass is 302 g/mol. The highest BCUT2D eigenvalue weighted by atomic mass is 79.9. The van der Waals surface area contributed by atoms with Crippen LogP contribution >= 0.6 is 15.9 Å². The molecule has 0 radical (unpaired) electrons. The van der Waals surface area contributed by atoms with Crippen LogP contribution in [0.4, 0.5) is 0 Å². The van der Waals surface area contributed by atoms with Crippen molar-refractivity contribution in [2.24, 2.45) is 0 Å². The van der Waals surface area contributed by atoms with E-state index in [4.69, 9.17) is 9.47 Å². The van der Waals surface area contributed by atoms with Gasteiger partial charge in [0.25, 0.3) is 0 Å². The van der Waals surface area contributed by atoms with Gasteiger partial charge in [-0.15, -0.1) is 0 Å². The zero-order valence-corrected chi connectivity index (χ0v) is 11.4. The molecule has 0 aliphatic carbocycles. The van der Waals surface area contributed by atoms with E-state index in [1.165, 1.54) is 0 Å². The van der Waals surface area contributed by atoms with Crippen LogP contribution in [0.3, 0.4) is 0 Å². The summed E-state index contributed by atoms with van der Waals surface area (Å²) < 4.78 is 13.1. The molecule has 1 aliphatic rings. The van der Waals surface area contributed by atoms with E-state index < -0.39 is 6.10 Å². The molecule has 1 saturated heterocycles. The molecule has 1 fully saturated rings. The molecular weight excluding hydrogens is 288 g/mol. The lowest BCUT2D eigenvalue weighted by molar-refractivity contribution is -0.0722. The molecule has 0 amide bonds. The number of ketones is 1. The number of carbonyl (C=O) groups is 1. The van der Waals surface area contributed by atoms with Gasteiger partial charge in [-0.25, -0.2) is 0 Å². The highest BCUT2D eigenvalue weighted by molar-refractivity contribution is 9.10. The Balaban J connectivity index is 2.26. The zero-order chi connectivity index (χ0) is 12.4. The zero-order valence-electron chi connectivity index (χ0n) is 9.85. The summed E-state index contributed by atoms with van der Waals surface area (Å²) in [4.78, 5) is 12.3. The second kappa shape index (κ2) is 5.29. The topological polar surface area (TPSA) is 53.4 Å². The second-order valence-corrected chi connectivity index (χ2v) is 5.03.